The Kier molecular flexibility index (Phi) is 5.65. The van der Waals surface area contributed by atoms with Crippen molar-refractivity contribution >= 4 is 22.7 Å². The Hall–Kier alpha value is -2.93. The van der Waals surface area contributed by atoms with Crippen molar-refractivity contribution in [2.75, 3.05) is 32.2 Å². The van der Waals surface area contributed by atoms with Gasteiger partial charge in [0, 0.05) is 20.7 Å². The van der Waals surface area contributed by atoms with Crippen molar-refractivity contribution in [1.82, 2.24) is 14.8 Å². The second kappa shape index (κ2) is 7.98. The molecule has 0 aliphatic carbocycles. The maximum absolute atomic E-state index is 11.7. The van der Waals surface area contributed by atoms with Gasteiger partial charge in [-0.2, -0.15) is 5.10 Å². The summed E-state index contributed by atoms with van der Waals surface area (Å²) in [5, 5.41) is 15.3. The molecule has 1 N–H and O–H groups in total. The van der Waals surface area contributed by atoms with Crippen LogP contribution in [0, 0.1) is 6.92 Å². The molecule has 0 spiro atoms. The molecule has 148 valence electrons. The van der Waals surface area contributed by atoms with Gasteiger partial charge in [0.2, 0.25) is 0 Å². The van der Waals surface area contributed by atoms with Crippen LogP contribution >= 0.6 is 0 Å². The summed E-state index contributed by atoms with van der Waals surface area (Å²) < 4.78 is 6.94. The number of benzene rings is 1. The molecule has 3 aromatic rings. The maximum atomic E-state index is 11.7. The Morgan fingerprint density at radius 2 is 2.07 bits per heavy atom. The summed E-state index contributed by atoms with van der Waals surface area (Å²) in [6, 6.07) is 9.56. The average molecular weight is 382 g/mol. The highest BCUT2D eigenvalue weighted by Crippen LogP contribution is 2.34. The summed E-state index contributed by atoms with van der Waals surface area (Å²) >= 11 is 0. The van der Waals surface area contributed by atoms with Crippen LogP contribution in [-0.4, -0.2) is 53.1 Å². The van der Waals surface area contributed by atoms with Gasteiger partial charge in [0.25, 0.3) is 0 Å². The summed E-state index contributed by atoms with van der Waals surface area (Å²) in [4.78, 5) is 18.2. The summed E-state index contributed by atoms with van der Waals surface area (Å²) in [6.07, 6.45) is 0. The Morgan fingerprint density at radius 3 is 2.68 bits per heavy atom. The van der Waals surface area contributed by atoms with Gasteiger partial charge >= 0.3 is 5.97 Å². The molecule has 0 bridgehead atoms. The number of anilines is 1. The van der Waals surface area contributed by atoms with Gasteiger partial charge < -0.3 is 14.7 Å². The first-order valence-electron chi connectivity index (χ1n) is 9.27. The number of hydrogen-bond donors (Lipinski definition) is 1. The van der Waals surface area contributed by atoms with Gasteiger partial charge in [-0.1, -0.05) is 26.0 Å². The van der Waals surface area contributed by atoms with Gasteiger partial charge in [-0.25, -0.2) is 14.5 Å². The van der Waals surface area contributed by atoms with Crippen molar-refractivity contribution in [3.8, 4) is 5.69 Å². The number of carbonyl (C=O) groups is 1. The van der Waals surface area contributed by atoms with Gasteiger partial charge in [0.1, 0.15) is 0 Å². The number of likely N-dealkylation sites (N-methyl/N-ethyl adjacent to an activating group) is 1. The van der Waals surface area contributed by atoms with E-state index in [0.29, 0.717) is 18.8 Å². The van der Waals surface area contributed by atoms with Crippen molar-refractivity contribution < 1.29 is 14.6 Å². The van der Waals surface area contributed by atoms with Crippen LogP contribution in [0.25, 0.3) is 16.7 Å². The van der Waals surface area contributed by atoms with Crippen LogP contribution in [0.2, 0.25) is 0 Å². The van der Waals surface area contributed by atoms with E-state index in [4.69, 9.17) is 9.84 Å². The third kappa shape index (κ3) is 3.71. The van der Waals surface area contributed by atoms with Gasteiger partial charge in [0.15, 0.2) is 11.3 Å². The van der Waals surface area contributed by atoms with E-state index in [2.05, 4.69) is 18.8 Å². The van der Waals surface area contributed by atoms with Crippen LogP contribution in [-0.2, 0) is 4.74 Å². The fraction of sp³-hybridized carbons (Fsp3) is 0.381. The molecule has 7 heteroatoms. The highest BCUT2D eigenvalue weighted by molar-refractivity contribution is 5.98. The highest BCUT2D eigenvalue weighted by Gasteiger charge is 2.23. The van der Waals surface area contributed by atoms with Gasteiger partial charge in [0.05, 0.1) is 29.1 Å². The number of carboxylic acids is 1. The van der Waals surface area contributed by atoms with Crippen LogP contribution in [0.4, 0.5) is 5.69 Å². The molecule has 0 unspecified atom stereocenters. The third-order valence-electron chi connectivity index (χ3n) is 4.70. The highest BCUT2D eigenvalue weighted by atomic mass is 16.5. The number of pyridine rings is 1. The van der Waals surface area contributed by atoms with Crippen molar-refractivity contribution in [2.45, 2.75) is 26.7 Å². The number of rotatable bonds is 7. The molecule has 0 amide bonds. The van der Waals surface area contributed by atoms with E-state index in [-0.39, 0.29) is 11.6 Å². The molecule has 0 atom stereocenters. The van der Waals surface area contributed by atoms with Gasteiger partial charge in [-0.15, -0.1) is 0 Å². The minimum absolute atomic E-state index is 0.00382. The number of aromatic nitrogens is 3. The van der Waals surface area contributed by atoms with Crippen molar-refractivity contribution in [2.24, 2.45) is 0 Å². The zero-order valence-corrected chi connectivity index (χ0v) is 16.9. The molecular weight excluding hydrogens is 356 g/mol. The molecular formula is C21H26N4O3. The third-order valence-corrected chi connectivity index (χ3v) is 4.70. The van der Waals surface area contributed by atoms with E-state index in [9.17, 15) is 9.90 Å². The molecule has 2 aromatic heterocycles. The number of hydrogen-bond acceptors (Lipinski definition) is 5. The molecule has 0 saturated carbocycles. The predicted octanol–water partition coefficient (Wildman–Crippen LogP) is 3.63. The minimum Gasteiger partial charge on any atom is -0.477 e. The molecule has 0 aliphatic heterocycles. The number of fused-ring (bicyclic) bond motifs is 1. The molecule has 0 aliphatic rings. The van der Waals surface area contributed by atoms with E-state index >= 15 is 0 Å². The van der Waals surface area contributed by atoms with Crippen LogP contribution in [0.15, 0.2) is 30.3 Å². The zero-order chi connectivity index (χ0) is 20.4. The molecule has 28 heavy (non-hydrogen) atoms. The first-order valence-corrected chi connectivity index (χ1v) is 9.27. The normalized spacial score (nSPS) is 11.4. The lowest BCUT2D eigenvalue weighted by Crippen LogP contribution is -2.23. The minimum atomic E-state index is -1.06. The monoisotopic (exact) mass is 382 g/mol. The zero-order valence-electron chi connectivity index (χ0n) is 16.9. The first kappa shape index (κ1) is 19.8. The van der Waals surface area contributed by atoms with Crippen molar-refractivity contribution in [3.05, 3.63) is 47.3 Å². The smallest absolute Gasteiger partial charge is 0.354 e. The number of aromatic carboxylic acids is 1. The Bertz CT molecular complexity index is 1010. The fourth-order valence-electron chi connectivity index (χ4n) is 3.23. The van der Waals surface area contributed by atoms with E-state index in [0.717, 1.165) is 28.0 Å². The average Bonchev–Trinajstić information content (AvgIpc) is 3.05. The number of aryl methyl sites for hydroxylation is 1. The molecule has 0 fully saturated rings. The van der Waals surface area contributed by atoms with E-state index < -0.39 is 5.97 Å². The second-order valence-corrected chi connectivity index (χ2v) is 7.24. The van der Waals surface area contributed by atoms with Crippen LogP contribution in [0.5, 0.6) is 0 Å². The number of ether oxygens (including phenoxy) is 1. The molecule has 2 heterocycles. The summed E-state index contributed by atoms with van der Waals surface area (Å²) in [5.41, 5.74) is 4.18. The molecule has 0 radical (unpaired) electrons. The van der Waals surface area contributed by atoms with Crippen molar-refractivity contribution in [1.29, 1.82) is 0 Å². The predicted molar refractivity (Wildman–Crippen MR) is 110 cm³/mol. The summed E-state index contributed by atoms with van der Waals surface area (Å²) in [7, 11) is 3.57. The molecule has 7 nitrogen and oxygen atoms in total. The molecule has 3 rings (SSSR count). The van der Waals surface area contributed by atoms with Gasteiger partial charge in [-0.05, 0) is 36.6 Å². The standard InChI is InChI=1S/C21H26N4O3/c1-13(2)19-18-17(24(4)9-10-28-5)12-16(21(26)27)22-20(18)25(23-19)15-8-6-7-14(3)11-15/h6-8,11-13H,9-10H2,1-5H3,(H,26,27). The second-order valence-electron chi connectivity index (χ2n) is 7.24. The van der Waals surface area contributed by atoms with Crippen LogP contribution in [0.3, 0.4) is 0 Å². The SMILES string of the molecule is COCCN(C)c1cc(C(=O)O)nc2c1c(C(C)C)nn2-c1cccc(C)c1. The quantitative estimate of drug-likeness (QED) is 0.672. The van der Waals surface area contributed by atoms with E-state index in [1.807, 2.05) is 43.1 Å². The first-order chi connectivity index (χ1) is 13.3. The lowest BCUT2D eigenvalue weighted by Gasteiger charge is -2.21. The van der Waals surface area contributed by atoms with Crippen molar-refractivity contribution in [3.63, 3.8) is 0 Å². The van der Waals surface area contributed by atoms with Gasteiger partial charge in [-0.3, -0.25) is 0 Å². The Labute approximate surface area is 164 Å². The molecule has 0 saturated heterocycles. The van der Waals surface area contributed by atoms with E-state index in [1.165, 1.54) is 0 Å². The topological polar surface area (TPSA) is 80.5 Å². The lowest BCUT2D eigenvalue weighted by molar-refractivity contribution is 0.0691. The Morgan fingerprint density at radius 1 is 1.32 bits per heavy atom. The fourth-order valence-corrected chi connectivity index (χ4v) is 3.23. The summed E-state index contributed by atoms with van der Waals surface area (Å²) in [5.74, 6) is -0.910. The van der Waals surface area contributed by atoms with Crippen LogP contribution < -0.4 is 4.90 Å². The number of methoxy groups -OCH3 is 1. The Balaban J connectivity index is 2.34. The largest absolute Gasteiger partial charge is 0.477 e. The number of carboxylic acid groups (broad SMARTS) is 1. The maximum Gasteiger partial charge on any atom is 0.354 e. The molecule has 1 aromatic carbocycles. The lowest BCUT2D eigenvalue weighted by atomic mass is 10.1. The summed E-state index contributed by atoms with van der Waals surface area (Å²) in [6.45, 7) is 7.32. The number of nitrogens with zero attached hydrogens (tertiary/aromatic N) is 4. The van der Waals surface area contributed by atoms with E-state index in [1.54, 1.807) is 17.9 Å². The van der Waals surface area contributed by atoms with Crippen LogP contribution in [0.1, 0.15) is 41.5 Å².